The van der Waals surface area contributed by atoms with Crippen LogP contribution in [0, 0.1) is 0 Å². The number of sulfonamides is 1. The zero-order chi connectivity index (χ0) is 19.8. The Hall–Kier alpha value is -0.940. The van der Waals surface area contributed by atoms with Crippen LogP contribution in [0.5, 0.6) is 0 Å². The van der Waals surface area contributed by atoms with E-state index in [1.807, 2.05) is 6.92 Å². The molecule has 0 aromatic rings. The SMILES string of the molecule is CCNC(=NCCCOCCOC)NCCS(=O)(=O)NCC1CCCCO1. The van der Waals surface area contributed by atoms with Crippen molar-refractivity contribution in [3.63, 3.8) is 0 Å². The lowest BCUT2D eigenvalue weighted by Gasteiger charge is -2.22. The number of ether oxygens (including phenoxy) is 3. The zero-order valence-corrected chi connectivity index (χ0v) is 17.5. The maximum Gasteiger partial charge on any atom is 0.213 e. The van der Waals surface area contributed by atoms with E-state index in [-0.39, 0.29) is 18.4 Å². The van der Waals surface area contributed by atoms with Crippen LogP contribution in [0.15, 0.2) is 4.99 Å². The Kier molecular flexibility index (Phi) is 13.4. The number of guanidine groups is 1. The van der Waals surface area contributed by atoms with Crippen LogP contribution in [0.1, 0.15) is 32.6 Å². The van der Waals surface area contributed by atoms with E-state index in [4.69, 9.17) is 14.2 Å². The quantitative estimate of drug-likeness (QED) is 0.212. The van der Waals surface area contributed by atoms with Crippen LogP contribution in [0.25, 0.3) is 0 Å². The minimum Gasteiger partial charge on any atom is -0.382 e. The summed E-state index contributed by atoms with van der Waals surface area (Å²) in [7, 11) is -1.70. The molecular formula is C17H36N4O5S. The van der Waals surface area contributed by atoms with E-state index < -0.39 is 10.0 Å². The molecule has 3 N–H and O–H groups in total. The van der Waals surface area contributed by atoms with Gasteiger partial charge in [-0.1, -0.05) is 0 Å². The molecule has 1 aliphatic heterocycles. The van der Waals surface area contributed by atoms with Crippen LogP contribution < -0.4 is 15.4 Å². The minimum absolute atomic E-state index is 0.00789. The molecule has 1 rings (SSSR count). The number of nitrogens with zero attached hydrogens (tertiary/aromatic N) is 1. The molecule has 1 atom stereocenters. The monoisotopic (exact) mass is 408 g/mol. The predicted octanol–water partition coefficient (Wildman–Crippen LogP) is 0.0831. The second-order valence-electron chi connectivity index (χ2n) is 6.30. The van der Waals surface area contributed by atoms with Gasteiger partial charge >= 0.3 is 0 Å². The molecule has 1 aliphatic rings. The van der Waals surface area contributed by atoms with Gasteiger partial charge in [0.1, 0.15) is 0 Å². The summed E-state index contributed by atoms with van der Waals surface area (Å²) < 4.78 is 42.7. The molecule has 10 heteroatoms. The van der Waals surface area contributed by atoms with Crippen LogP contribution in [0.3, 0.4) is 0 Å². The molecule has 0 aliphatic carbocycles. The van der Waals surface area contributed by atoms with Crippen molar-refractivity contribution >= 4 is 16.0 Å². The number of rotatable bonds is 14. The van der Waals surface area contributed by atoms with E-state index in [9.17, 15) is 8.42 Å². The highest BCUT2D eigenvalue weighted by molar-refractivity contribution is 7.89. The summed E-state index contributed by atoms with van der Waals surface area (Å²) in [6.45, 7) is 6.41. The van der Waals surface area contributed by atoms with Gasteiger partial charge in [-0.05, 0) is 32.6 Å². The lowest BCUT2D eigenvalue weighted by Crippen LogP contribution is -2.42. The lowest BCUT2D eigenvalue weighted by molar-refractivity contribution is 0.0200. The number of nitrogens with one attached hydrogen (secondary N) is 3. The molecule has 1 fully saturated rings. The highest BCUT2D eigenvalue weighted by Crippen LogP contribution is 2.11. The van der Waals surface area contributed by atoms with Crippen molar-refractivity contribution in [2.75, 3.05) is 65.5 Å². The number of aliphatic imine (C=N–C) groups is 1. The third-order valence-electron chi connectivity index (χ3n) is 3.96. The number of methoxy groups -OCH3 is 1. The molecule has 0 radical (unpaired) electrons. The van der Waals surface area contributed by atoms with Gasteiger partial charge in [0.15, 0.2) is 5.96 Å². The van der Waals surface area contributed by atoms with Crippen LogP contribution in [-0.4, -0.2) is 86.0 Å². The summed E-state index contributed by atoms with van der Waals surface area (Å²) in [6.07, 6.45) is 3.84. The molecule has 0 spiro atoms. The Morgan fingerprint density at radius 1 is 1.22 bits per heavy atom. The Balaban J connectivity index is 2.22. The van der Waals surface area contributed by atoms with Gasteiger partial charge < -0.3 is 24.8 Å². The third kappa shape index (κ3) is 13.0. The largest absolute Gasteiger partial charge is 0.382 e. The zero-order valence-electron chi connectivity index (χ0n) is 16.7. The molecule has 0 amide bonds. The molecule has 1 unspecified atom stereocenters. The van der Waals surface area contributed by atoms with Gasteiger partial charge in [-0.15, -0.1) is 0 Å². The van der Waals surface area contributed by atoms with Gasteiger partial charge in [0.05, 0.1) is 25.1 Å². The Morgan fingerprint density at radius 2 is 2.07 bits per heavy atom. The smallest absolute Gasteiger partial charge is 0.213 e. The van der Waals surface area contributed by atoms with Gasteiger partial charge in [0.2, 0.25) is 10.0 Å². The van der Waals surface area contributed by atoms with Gasteiger partial charge in [-0.3, -0.25) is 4.99 Å². The molecular weight excluding hydrogens is 372 g/mol. The van der Waals surface area contributed by atoms with Crippen molar-refractivity contribution < 1.29 is 22.6 Å². The summed E-state index contributed by atoms with van der Waals surface area (Å²) in [5.41, 5.74) is 0. The molecule has 0 aromatic carbocycles. The molecule has 160 valence electrons. The van der Waals surface area contributed by atoms with Crippen LogP contribution >= 0.6 is 0 Å². The average Bonchev–Trinajstić information content (AvgIpc) is 2.66. The first-order valence-corrected chi connectivity index (χ1v) is 11.4. The van der Waals surface area contributed by atoms with Gasteiger partial charge in [-0.25, -0.2) is 13.1 Å². The molecule has 1 saturated heterocycles. The summed E-state index contributed by atoms with van der Waals surface area (Å²) in [5.74, 6) is 0.602. The second-order valence-corrected chi connectivity index (χ2v) is 8.23. The fraction of sp³-hybridized carbons (Fsp3) is 0.941. The number of hydrogen-bond acceptors (Lipinski definition) is 6. The van der Waals surface area contributed by atoms with Crippen molar-refractivity contribution in [3.8, 4) is 0 Å². The third-order valence-corrected chi connectivity index (χ3v) is 5.31. The number of hydrogen-bond donors (Lipinski definition) is 3. The van der Waals surface area contributed by atoms with E-state index >= 15 is 0 Å². The maximum atomic E-state index is 12.1. The van der Waals surface area contributed by atoms with Crippen LogP contribution in [0.4, 0.5) is 0 Å². The topological polar surface area (TPSA) is 110 Å². The van der Waals surface area contributed by atoms with E-state index in [0.717, 1.165) is 25.7 Å². The van der Waals surface area contributed by atoms with E-state index in [0.29, 0.717) is 52.0 Å². The van der Waals surface area contributed by atoms with Gasteiger partial charge in [0, 0.05) is 46.5 Å². The van der Waals surface area contributed by atoms with E-state index in [1.165, 1.54) is 0 Å². The fourth-order valence-electron chi connectivity index (χ4n) is 2.51. The second kappa shape index (κ2) is 15.0. The Morgan fingerprint density at radius 3 is 2.78 bits per heavy atom. The van der Waals surface area contributed by atoms with E-state index in [1.54, 1.807) is 7.11 Å². The van der Waals surface area contributed by atoms with Gasteiger partial charge in [0.25, 0.3) is 0 Å². The molecule has 9 nitrogen and oxygen atoms in total. The summed E-state index contributed by atoms with van der Waals surface area (Å²) >= 11 is 0. The van der Waals surface area contributed by atoms with Crippen molar-refractivity contribution in [1.82, 2.24) is 15.4 Å². The molecule has 27 heavy (non-hydrogen) atoms. The maximum absolute atomic E-state index is 12.1. The summed E-state index contributed by atoms with van der Waals surface area (Å²) in [4.78, 5) is 4.42. The first kappa shape index (κ1) is 24.1. The van der Waals surface area contributed by atoms with Gasteiger partial charge in [-0.2, -0.15) is 0 Å². The molecule has 0 bridgehead atoms. The van der Waals surface area contributed by atoms with Crippen molar-refractivity contribution in [3.05, 3.63) is 0 Å². The Bertz CT molecular complexity index is 496. The van der Waals surface area contributed by atoms with Crippen LogP contribution in [-0.2, 0) is 24.2 Å². The Labute approximate surface area is 163 Å². The minimum atomic E-state index is -3.34. The van der Waals surface area contributed by atoms with E-state index in [2.05, 4.69) is 20.3 Å². The molecule has 1 heterocycles. The first-order valence-electron chi connectivity index (χ1n) is 9.75. The highest BCUT2D eigenvalue weighted by Gasteiger charge is 2.17. The summed E-state index contributed by atoms with van der Waals surface area (Å²) in [5, 5.41) is 6.16. The van der Waals surface area contributed by atoms with Crippen molar-refractivity contribution in [2.45, 2.75) is 38.7 Å². The predicted molar refractivity (Wildman–Crippen MR) is 107 cm³/mol. The van der Waals surface area contributed by atoms with Crippen LogP contribution in [0.2, 0.25) is 0 Å². The average molecular weight is 409 g/mol. The standard InChI is InChI=1S/C17H36N4O5S/c1-3-18-17(19-8-6-10-25-13-12-24-2)20-9-14-27(22,23)21-15-16-7-4-5-11-26-16/h16,21H,3-15H2,1-2H3,(H2,18,19,20). The molecule has 0 aromatic heterocycles. The highest BCUT2D eigenvalue weighted by atomic mass is 32.2. The first-order chi connectivity index (χ1) is 13.1. The molecule has 0 saturated carbocycles. The normalized spacial score (nSPS) is 18.4. The summed E-state index contributed by atoms with van der Waals surface area (Å²) in [6, 6.07) is 0. The van der Waals surface area contributed by atoms with Crippen molar-refractivity contribution in [1.29, 1.82) is 0 Å². The lowest BCUT2D eigenvalue weighted by atomic mass is 10.1. The fourth-order valence-corrected chi connectivity index (χ4v) is 3.46. The van der Waals surface area contributed by atoms with Crippen molar-refractivity contribution in [2.24, 2.45) is 4.99 Å².